The Morgan fingerprint density at radius 3 is 2.56 bits per heavy atom. The molecule has 2 aromatic rings. The second-order valence-electron chi connectivity index (χ2n) is 4.27. The first-order valence-corrected chi connectivity index (χ1v) is 8.17. The molecule has 2 unspecified atom stereocenters. The average molecular weight is 298 g/mol. The Labute approximate surface area is 121 Å². The van der Waals surface area contributed by atoms with Gasteiger partial charge in [0.1, 0.15) is 0 Å². The Morgan fingerprint density at radius 2 is 2.00 bits per heavy atom. The number of thiophene rings is 1. The second kappa shape index (κ2) is 6.62. The predicted octanol–water partition coefficient (Wildman–Crippen LogP) is 4.72. The molecule has 0 aliphatic heterocycles. The fourth-order valence-corrected chi connectivity index (χ4v) is 3.87. The molecule has 18 heavy (non-hydrogen) atoms. The van der Waals surface area contributed by atoms with Gasteiger partial charge in [0, 0.05) is 22.1 Å². The molecule has 0 bridgehead atoms. The highest BCUT2D eigenvalue weighted by Crippen LogP contribution is 2.34. The smallest absolute Gasteiger partial charge is 0.0457 e. The van der Waals surface area contributed by atoms with E-state index in [9.17, 15) is 0 Å². The summed E-state index contributed by atoms with van der Waals surface area (Å²) in [5.41, 5.74) is 8.69. The lowest BCUT2D eigenvalue weighted by molar-refractivity contribution is 0.723. The van der Waals surface area contributed by atoms with Crippen molar-refractivity contribution in [3.63, 3.8) is 0 Å². The van der Waals surface area contributed by atoms with Gasteiger partial charge in [-0.2, -0.15) is 11.3 Å². The van der Waals surface area contributed by atoms with Crippen LogP contribution in [-0.2, 0) is 5.75 Å². The van der Waals surface area contributed by atoms with Gasteiger partial charge in [-0.25, -0.2) is 0 Å². The molecule has 1 heterocycles. The second-order valence-corrected chi connectivity index (χ2v) is 6.62. The average Bonchev–Trinajstić information content (AvgIpc) is 2.85. The molecule has 0 amide bonds. The molecule has 1 aromatic heterocycles. The number of thioether (sulfide) groups is 1. The summed E-state index contributed by atoms with van der Waals surface area (Å²) >= 11 is 9.49. The SMILES string of the molecule is CC(N)C(SCc1ccc(Cl)cc1)c1ccsc1. The van der Waals surface area contributed by atoms with Gasteiger partial charge in [-0.1, -0.05) is 23.7 Å². The van der Waals surface area contributed by atoms with Gasteiger partial charge in [0.25, 0.3) is 0 Å². The molecule has 2 N–H and O–H groups in total. The molecule has 96 valence electrons. The van der Waals surface area contributed by atoms with Gasteiger partial charge in [-0.15, -0.1) is 11.8 Å². The molecule has 0 fully saturated rings. The standard InChI is InChI=1S/C14H16ClNS2/c1-10(16)14(12-6-7-17-9-12)18-8-11-2-4-13(15)5-3-11/h2-7,9-10,14H,8,16H2,1H3. The maximum Gasteiger partial charge on any atom is 0.0457 e. The van der Waals surface area contributed by atoms with E-state index >= 15 is 0 Å². The summed E-state index contributed by atoms with van der Waals surface area (Å²) in [6.07, 6.45) is 0. The third-order valence-electron chi connectivity index (χ3n) is 2.69. The molecular weight excluding hydrogens is 282 g/mol. The lowest BCUT2D eigenvalue weighted by atomic mass is 10.1. The van der Waals surface area contributed by atoms with Crippen LogP contribution in [0.5, 0.6) is 0 Å². The molecule has 4 heteroatoms. The molecule has 1 aromatic carbocycles. The molecular formula is C14H16ClNS2. The van der Waals surface area contributed by atoms with Gasteiger partial charge in [-0.3, -0.25) is 0 Å². The van der Waals surface area contributed by atoms with Crippen molar-refractivity contribution in [3.05, 3.63) is 57.2 Å². The zero-order valence-electron chi connectivity index (χ0n) is 10.2. The van der Waals surface area contributed by atoms with E-state index in [1.54, 1.807) is 11.3 Å². The van der Waals surface area contributed by atoms with E-state index in [0.717, 1.165) is 10.8 Å². The van der Waals surface area contributed by atoms with E-state index in [1.807, 2.05) is 23.9 Å². The minimum atomic E-state index is 0.150. The van der Waals surface area contributed by atoms with Crippen molar-refractivity contribution < 1.29 is 0 Å². The molecule has 0 radical (unpaired) electrons. The lowest BCUT2D eigenvalue weighted by Gasteiger charge is -2.19. The van der Waals surface area contributed by atoms with Crippen molar-refractivity contribution in [3.8, 4) is 0 Å². The van der Waals surface area contributed by atoms with E-state index in [1.165, 1.54) is 11.1 Å². The zero-order chi connectivity index (χ0) is 13.0. The molecule has 0 spiro atoms. The number of benzene rings is 1. The predicted molar refractivity (Wildman–Crippen MR) is 83.5 cm³/mol. The minimum Gasteiger partial charge on any atom is -0.327 e. The highest BCUT2D eigenvalue weighted by molar-refractivity contribution is 7.98. The quantitative estimate of drug-likeness (QED) is 0.864. The molecule has 1 nitrogen and oxygen atoms in total. The number of hydrogen-bond acceptors (Lipinski definition) is 3. The summed E-state index contributed by atoms with van der Waals surface area (Å²) in [5, 5.41) is 5.42. The number of halogens is 1. The van der Waals surface area contributed by atoms with Crippen LogP contribution in [0.4, 0.5) is 0 Å². The Kier molecular flexibility index (Phi) is 5.13. The van der Waals surface area contributed by atoms with Crippen molar-refractivity contribution in [2.75, 3.05) is 0 Å². The fourth-order valence-electron chi connectivity index (χ4n) is 1.76. The summed E-state index contributed by atoms with van der Waals surface area (Å²) < 4.78 is 0. The van der Waals surface area contributed by atoms with Crippen LogP contribution < -0.4 is 5.73 Å². The van der Waals surface area contributed by atoms with Crippen LogP contribution >= 0.6 is 34.7 Å². The summed E-state index contributed by atoms with van der Waals surface area (Å²) in [7, 11) is 0. The van der Waals surface area contributed by atoms with Gasteiger partial charge >= 0.3 is 0 Å². The van der Waals surface area contributed by atoms with Crippen LogP contribution in [0.3, 0.4) is 0 Å². The maximum atomic E-state index is 6.08. The third kappa shape index (κ3) is 3.75. The van der Waals surface area contributed by atoms with Crippen LogP contribution in [-0.4, -0.2) is 6.04 Å². The summed E-state index contributed by atoms with van der Waals surface area (Å²) in [4.78, 5) is 0. The Bertz CT molecular complexity index is 465. The summed E-state index contributed by atoms with van der Waals surface area (Å²) in [5.74, 6) is 0.958. The zero-order valence-corrected chi connectivity index (χ0v) is 12.6. The van der Waals surface area contributed by atoms with Crippen LogP contribution in [0.1, 0.15) is 23.3 Å². The summed E-state index contributed by atoms with van der Waals surface area (Å²) in [6.45, 7) is 2.07. The largest absolute Gasteiger partial charge is 0.327 e. The molecule has 0 saturated carbocycles. The number of nitrogens with two attached hydrogens (primary N) is 1. The Hall–Kier alpha value is -0.480. The third-order valence-corrected chi connectivity index (χ3v) is 5.21. The van der Waals surface area contributed by atoms with E-state index in [2.05, 4.69) is 35.9 Å². The first kappa shape index (κ1) is 13.9. The highest BCUT2D eigenvalue weighted by atomic mass is 35.5. The number of hydrogen-bond donors (Lipinski definition) is 1. The maximum absolute atomic E-state index is 6.08. The topological polar surface area (TPSA) is 26.0 Å². The Morgan fingerprint density at radius 1 is 1.28 bits per heavy atom. The molecule has 0 saturated heterocycles. The molecule has 0 aliphatic rings. The van der Waals surface area contributed by atoms with E-state index < -0.39 is 0 Å². The summed E-state index contributed by atoms with van der Waals surface area (Å²) in [6, 6.07) is 10.3. The van der Waals surface area contributed by atoms with Crippen LogP contribution in [0.15, 0.2) is 41.1 Å². The van der Waals surface area contributed by atoms with Crippen molar-refractivity contribution in [1.82, 2.24) is 0 Å². The first-order valence-electron chi connectivity index (χ1n) is 5.80. The monoisotopic (exact) mass is 297 g/mol. The fraction of sp³-hybridized carbons (Fsp3) is 0.286. The van der Waals surface area contributed by atoms with Gasteiger partial charge < -0.3 is 5.73 Å². The van der Waals surface area contributed by atoms with Gasteiger partial charge in [0.2, 0.25) is 0 Å². The number of rotatable bonds is 5. The lowest BCUT2D eigenvalue weighted by Crippen LogP contribution is -2.22. The van der Waals surface area contributed by atoms with Gasteiger partial charge in [0.05, 0.1) is 0 Å². The normalized spacial score (nSPS) is 14.4. The highest BCUT2D eigenvalue weighted by Gasteiger charge is 2.17. The molecule has 0 aliphatic carbocycles. The van der Waals surface area contributed by atoms with E-state index in [0.29, 0.717) is 5.25 Å². The van der Waals surface area contributed by atoms with Crippen molar-refractivity contribution in [1.29, 1.82) is 0 Å². The van der Waals surface area contributed by atoms with Crippen LogP contribution in [0.25, 0.3) is 0 Å². The van der Waals surface area contributed by atoms with Crippen molar-refractivity contribution in [2.24, 2.45) is 5.73 Å². The van der Waals surface area contributed by atoms with E-state index in [-0.39, 0.29) is 6.04 Å². The Balaban J connectivity index is 2.00. The van der Waals surface area contributed by atoms with E-state index in [4.69, 9.17) is 17.3 Å². The molecule has 2 rings (SSSR count). The minimum absolute atomic E-state index is 0.150. The first-order chi connectivity index (χ1) is 8.66. The van der Waals surface area contributed by atoms with Crippen LogP contribution in [0.2, 0.25) is 5.02 Å². The van der Waals surface area contributed by atoms with Gasteiger partial charge in [0.15, 0.2) is 0 Å². The van der Waals surface area contributed by atoms with Crippen LogP contribution in [0, 0.1) is 0 Å². The molecule has 2 atom stereocenters. The van der Waals surface area contributed by atoms with Gasteiger partial charge in [-0.05, 0) is 47.0 Å². The van der Waals surface area contributed by atoms with Crippen molar-refractivity contribution in [2.45, 2.75) is 24.0 Å². The van der Waals surface area contributed by atoms with Crippen molar-refractivity contribution >= 4 is 34.7 Å².